The van der Waals surface area contributed by atoms with Gasteiger partial charge in [-0.05, 0) is 0 Å². The SMILES string of the molecule is COc1cc(=O)c([N+](=O)[O-])c[nH]1. The second kappa shape index (κ2) is 3.04. The third-order valence-electron chi connectivity index (χ3n) is 1.28. The molecule has 64 valence electrons. The van der Waals surface area contributed by atoms with Gasteiger partial charge in [-0.3, -0.25) is 14.9 Å². The number of pyridine rings is 1. The Hall–Kier alpha value is -1.85. The molecule has 0 bridgehead atoms. The third-order valence-corrected chi connectivity index (χ3v) is 1.28. The van der Waals surface area contributed by atoms with Crippen molar-refractivity contribution in [3.63, 3.8) is 0 Å². The molecule has 1 rings (SSSR count). The smallest absolute Gasteiger partial charge is 0.332 e. The molecule has 0 aliphatic heterocycles. The first-order valence-electron chi connectivity index (χ1n) is 3.06. The molecule has 1 N–H and O–H groups in total. The first kappa shape index (κ1) is 8.25. The maximum Gasteiger partial charge on any atom is 0.332 e. The molecule has 0 saturated heterocycles. The van der Waals surface area contributed by atoms with Crippen LogP contribution in [0.5, 0.6) is 5.88 Å². The minimum absolute atomic E-state index is 0.200. The van der Waals surface area contributed by atoms with Gasteiger partial charge in [-0.2, -0.15) is 0 Å². The van der Waals surface area contributed by atoms with Gasteiger partial charge in [-0.15, -0.1) is 0 Å². The Balaban J connectivity index is 3.21. The molecule has 0 fully saturated rings. The highest BCUT2D eigenvalue weighted by molar-refractivity contribution is 5.29. The number of hydrogen-bond acceptors (Lipinski definition) is 4. The molecule has 1 aromatic rings. The van der Waals surface area contributed by atoms with E-state index in [4.69, 9.17) is 0 Å². The van der Waals surface area contributed by atoms with Gasteiger partial charge in [0.25, 0.3) is 5.43 Å². The summed E-state index contributed by atoms with van der Waals surface area (Å²) >= 11 is 0. The zero-order chi connectivity index (χ0) is 9.14. The zero-order valence-electron chi connectivity index (χ0n) is 6.23. The summed E-state index contributed by atoms with van der Waals surface area (Å²) < 4.78 is 4.65. The predicted molar refractivity (Wildman–Crippen MR) is 40.3 cm³/mol. The highest BCUT2D eigenvalue weighted by Crippen LogP contribution is 2.06. The van der Waals surface area contributed by atoms with E-state index in [2.05, 4.69) is 9.72 Å². The summed E-state index contributed by atoms with van der Waals surface area (Å²) in [5.74, 6) is 0.200. The molecule has 0 aliphatic rings. The zero-order valence-corrected chi connectivity index (χ0v) is 6.23. The van der Waals surface area contributed by atoms with E-state index in [-0.39, 0.29) is 5.88 Å². The molecule has 0 aromatic carbocycles. The second-order valence-electron chi connectivity index (χ2n) is 2.01. The van der Waals surface area contributed by atoms with Gasteiger partial charge in [-0.25, -0.2) is 0 Å². The second-order valence-corrected chi connectivity index (χ2v) is 2.01. The van der Waals surface area contributed by atoms with Gasteiger partial charge >= 0.3 is 5.69 Å². The van der Waals surface area contributed by atoms with E-state index in [1.807, 2.05) is 0 Å². The van der Waals surface area contributed by atoms with Crippen LogP contribution >= 0.6 is 0 Å². The monoisotopic (exact) mass is 170 g/mol. The van der Waals surface area contributed by atoms with Crippen LogP contribution in [0.4, 0.5) is 5.69 Å². The number of rotatable bonds is 2. The van der Waals surface area contributed by atoms with Crippen LogP contribution < -0.4 is 10.2 Å². The molecule has 0 radical (unpaired) electrons. The van der Waals surface area contributed by atoms with Crippen LogP contribution in [0.2, 0.25) is 0 Å². The molecule has 1 heterocycles. The molecule has 0 unspecified atom stereocenters. The van der Waals surface area contributed by atoms with Gasteiger partial charge in [-0.1, -0.05) is 0 Å². The van der Waals surface area contributed by atoms with Crippen LogP contribution in [0.15, 0.2) is 17.1 Å². The van der Waals surface area contributed by atoms with Crippen LogP contribution in [0.1, 0.15) is 0 Å². The molecular weight excluding hydrogens is 164 g/mol. The van der Waals surface area contributed by atoms with E-state index in [0.29, 0.717) is 0 Å². The molecule has 6 nitrogen and oxygen atoms in total. The van der Waals surface area contributed by atoms with Crippen LogP contribution in [0.3, 0.4) is 0 Å². The van der Waals surface area contributed by atoms with Crippen LogP contribution in [-0.4, -0.2) is 17.0 Å². The number of H-pyrrole nitrogens is 1. The fourth-order valence-electron chi connectivity index (χ4n) is 0.706. The number of nitrogens with zero attached hydrogens (tertiary/aromatic N) is 1. The first-order valence-corrected chi connectivity index (χ1v) is 3.06. The summed E-state index contributed by atoms with van der Waals surface area (Å²) in [7, 11) is 1.36. The predicted octanol–water partition coefficient (Wildman–Crippen LogP) is 0.292. The van der Waals surface area contributed by atoms with Gasteiger partial charge in [0.05, 0.1) is 24.3 Å². The number of nitrogens with one attached hydrogen (secondary N) is 1. The van der Waals surface area contributed by atoms with Crippen molar-refractivity contribution in [3.05, 3.63) is 32.6 Å². The average molecular weight is 170 g/mol. The standard InChI is InChI=1S/C6H6N2O4/c1-12-6-2-5(9)4(3-7-6)8(10)11/h2-3H,1H3,(H,7,9). The molecule has 0 amide bonds. The first-order chi connectivity index (χ1) is 5.65. The molecular formula is C6H6N2O4. The van der Waals surface area contributed by atoms with Crippen molar-refractivity contribution in [3.8, 4) is 5.88 Å². The number of hydrogen-bond donors (Lipinski definition) is 1. The highest BCUT2D eigenvalue weighted by atomic mass is 16.6. The lowest BCUT2D eigenvalue weighted by atomic mass is 10.4. The molecule has 0 atom stereocenters. The van der Waals surface area contributed by atoms with E-state index in [1.165, 1.54) is 7.11 Å². The lowest BCUT2D eigenvalue weighted by molar-refractivity contribution is -0.386. The molecule has 0 aliphatic carbocycles. The largest absolute Gasteiger partial charge is 0.482 e. The Morgan fingerprint density at radius 3 is 2.75 bits per heavy atom. The van der Waals surface area contributed by atoms with Crippen molar-refractivity contribution in [2.24, 2.45) is 0 Å². The minimum Gasteiger partial charge on any atom is -0.482 e. The van der Waals surface area contributed by atoms with Crippen LogP contribution in [0, 0.1) is 10.1 Å². The van der Waals surface area contributed by atoms with Crippen molar-refractivity contribution in [1.29, 1.82) is 0 Å². The van der Waals surface area contributed by atoms with Gasteiger partial charge in [0.15, 0.2) is 5.88 Å². The number of nitro groups is 1. The highest BCUT2D eigenvalue weighted by Gasteiger charge is 2.11. The molecule has 6 heteroatoms. The average Bonchev–Trinajstić information content (AvgIpc) is 2.03. The summed E-state index contributed by atoms with van der Waals surface area (Å²) in [6.45, 7) is 0. The van der Waals surface area contributed by atoms with Crippen LogP contribution in [-0.2, 0) is 0 Å². The van der Waals surface area contributed by atoms with Crippen molar-refractivity contribution in [2.45, 2.75) is 0 Å². The summed E-state index contributed by atoms with van der Waals surface area (Å²) in [5.41, 5.74) is -1.16. The lowest BCUT2D eigenvalue weighted by Crippen LogP contribution is -2.07. The lowest BCUT2D eigenvalue weighted by Gasteiger charge is -1.96. The van der Waals surface area contributed by atoms with Gasteiger partial charge in [0.2, 0.25) is 0 Å². The van der Waals surface area contributed by atoms with Gasteiger partial charge in [0.1, 0.15) is 0 Å². The number of ether oxygens (including phenoxy) is 1. The number of aromatic amines is 1. The molecule has 1 aromatic heterocycles. The minimum atomic E-state index is -0.752. The van der Waals surface area contributed by atoms with Crippen molar-refractivity contribution in [1.82, 2.24) is 4.98 Å². The van der Waals surface area contributed by atoms with Crippen molar-refractivity contribution in [2.75, 3.05) is 7.11 Å². The van der Waals surface area contributed by atoms with E-state index in [9.17, 15) is 14.9 Å². The van der Waals surface area contributed by atoms with Gasteiger partial charge in [0, 0.05) is 0 Å². The quantitative estimate of drug-likeness (QED) is 0.510. The van der Waals surface area contributed by atoms with E-state index < -0.39 is 16.0 Å². The Morgan fingerprint density at radius 1 is 1.67 bits per heavy atom. The fourth-order valence-corrected chi connectivity index (χ4v) is 0.706. The van der Waals surface area contributed by atoms with E-state index in [1.54, 1.807) is 0 Å². The Kier molecular flexibility index (Phi) is 2.09. The topological polar surface area (TPSA) is 85.2 Å². The molecule has 12 heavy (non-hydrogen) atoms. The van der Waals surface area contributed by atoms with E-state index >= 15 is 0 Å². The summed E-state index contributed by atoms with van der Waals surface area (Å²) in [4.78, 5) is 22.8. The normalized spacial score (nSPS) is 9.42. The Morgan fingerprint density at radius 2 is 2.33 bits per heavy atom. The van der Waals surface area contributed by atoms with Crippen LogP contribution in [0.25, 0.3) is 0 Å². The Labute approximate surface area is 66.9 Å². The fraction of sp³-hybridized carbons (Fsp3) is 0.167. The van der Waals surface area contributed by atoms with Crippen molar-refractivity contribution < 1.29 is 9.66 Å². The summed E-state index contributed by atoms with van der Waals surface area (Å²) in [6.07, 6.45) is 1.00. The number of aromatic nitrogens is 1. The summed E-state index contributed by atoms with van der Waals surface area (Å²) in [5, 5.41) is 10.2. The Bertz CT molecular complexity index is 357. The van der Waals surface area contributed by atoms with E-state index in [0.717, 1.165) is 12.3 Å². The maximum absolute atomic E-state index is 10.9. The summed E-state index contributed by atoms with van der Waals surface area (Å²) in [6, 6.07) is 1.03. The maximum atomic E-state index is 10.9. The van der Waals surface area contributed by atoms with Crippen molar-refractivity contribution >= 4 is 5.69 Å². The number of methoxy groups -OCH3 is 1. The third kappa shape index (κ3) is 1.42. The molecule has 0 saturated carbocycles. The molecule has 0 spiro atoms. The van der Waals surface area contributed by atoms with Gasteiger partial charge < -0.3 is 9.72 Å².